The highest BCUT2D eigenvalue weighted by atomic mass is 16.2. The molecule has 1 aromatic rings. The molecule has 0 unspecified atom stereocenters. The average molecular weight is 288 g/mol. The zero-order valence-corrected chi connectivity index (χ0v) is 13.2. The zero-order valence-electron chi connectivity index (χ0n) is 13.2. The van der Waals surface area contributed by atoms with E-state index in [2.05, 4.69) is 54.4 Å². The van der Waals surface area contributed by atoms with Crippen molar-refractivity contribution in [3.05, 3.63) is 30.2 Å². The van der Waals surface area contributed by atoms with Crippen LogP contribution in [0.3, 0.4) is 0 Å². The quantitative estimate of drug-likeness (QED) is 0.622. The highest BCUT2D eigenvalue weighted by Crippen LogP contribution is 2.59. The van der Waals surface area contributed by atoms with Crippen molar-refractivity contribution in [3.63, 3.8) is 0 Å². The molecule has 0 aromatic carbocycles. The molecule has 2 N–H and O–H groups in total. The lowest BCUT2D eigenvalue weighted by Gasteiger charge is -2.07. The van der Waals surface area contributed by atoms with Gasteiger partial charge in [0.05, 0.1) is 12.1 Å². The second-order valence-corrected chi connectivity index (χ2v) is 6.38. The minimum absolute atomic E-state index is 0.0691. The van der Waals surface area contributed by atoms with Crippen LogP contribution in [0.5, 0.6) is 0 Å². The van der Waals surface area contributed by atoms with Crippen LogP contribution < -0.4 is 10.6 Å². The van der Waals surface area contributed by atoms with Crippen molar-refractivity contribution in [2.75, 3.05) is 18.4 Å². The van der Waals surface area contributed by atoms with Gasteiger partial charge in [-0.2, -0.15) is 0 Å². The molecule has 0 aliphatic heterocycles. The number of nitrogens with zero attached hydrogens (tertiary/aromatic N) is 2. The number of aromatic nitrogens is 2. The van der Waals surface area contributed by atoms with Gasteiger partial charge in [-0.05, 0) is 25.2 Å². The van der Waals surface area contributed by atoms with Gasteiger partial charge in [0.1, 0.15) is 5.82 Å². The predicted molar refractivity (Wildman–Crippen MR) is 83.7 cm³/mol. The molecule has 5 nitrogen and oxygen atoms in total. The molecule has 21 heavy (non-hydrogen) atoms. The van der Waals surface area contributed by atoms with Crippen molar-refractivity contribution >= 4 is 11.7 Å². The highest BCUT2D eigenvalue weighted by molar-refractivity contribution is 5.83. The van der Waals surface area contributed by atoms with Crippen LogP contribution in [0.1, 0.15) is 27.7 Å². The van der Waals surface area contributed by atoms with Crippen LogP contribution in [0, 0.1) is 17.3 Å². The van der Waals surface area contributed by atoms with Crippen LogP contribution in [0.25, 0.3) is 0 Å². The Morgan fingerprint density at radius 3 is 2.71 bits per heavy atom. The lowest BCUT2D eigenvalue weighted by Crippen LogP contribution is -2.31. The monoisotopic (exact) mass is 288 g/mol. The van der Waals surface area contributed by atoms with Gasteiger partial charge in [-0.3, -0.25) is 9.78 Å². The maximum absolute atomic E-state index is 12.2. The SMILES string of the molecule is CC(C)=C[C@@H]1[C@@H](C(=O)NCCNc2cnccn2)C1(C)C. The fourth-order valence-electron chi connectivity index (χ4n) is 2.73. The molecule has 2 rings (SSSR count). The Balaban J connectivity index is 1.74. The fraction of sp³-hybridized carbons (Fsp3) is 0.562. The summed E-state index contributed by atoms with van der Waals surface area (Å²) in [5.74, 6) is 1.31. The first kappa shape index (κ1) is 15.5. The van der Waals surface area contributed by atoms with Crippen molar-refractivity contribution in [3.8, 4) is 0 Å². The normalized spacial score (nSPS) is 22.3. The molecule has 1 aromatic heterocycles. The van der Waals surface area contributed by atoms with E-state index < -0.39 is 0 Å². The van der Waals surface area contributed by atoms with Crippen molar-refractivity contribution in [1.82, 2.24) is 15.3 Å². The van der Waals surface area contributed by atoms with Crippen molar-refractivity contribution in [2.24, 2.45) is 17.3 Å². The summed E-state index contributed by atoms with van der Waals surface area (Å²) in [6, 6.07) is 0. The summed E-state index contributed by atoms with van der Waals surface area (Å²) in [7, 11) is 0. The van der Waals surface area contributed by atoms with E-state index in [1.807, 2.05) is 0 Å². The molecule has 0 saturated heterocycles. The second-order valence-electron chi connectivity index (χ2n) is 6.38. The van der Waals surface area contributed by atoms with E-state index in [1.54, 1.807) is 18.6 Å². The van der Waals surface area contributed by atoms with Gasteiger partial charge in [-0.1, -0.05) is 25.5 Å². The number of amides is 1. The Morgan fingerprint density at radius 1 is 1.33 bits per heavy atom. The Kier molecular flexibility index (Phi) is 4.60. The second kappa shape index (κ2) is 6.24. The number of hydrogen-bond acceptors (Lipinski definition) is 4. The van der Waals surface area contributed by atoms with Gasteiger partial charge in [-0.15, -0.1) is 0 Å². The average Bonchev–Trinajstić information content (AvgIpc) is 2.96. The first-order valence-corrected chi connectivity index (χ1v) is 7.35. The van der Waals surface area contributed by atoms with Crippen molar-refractivity contribution < 1.29 is 4.79 Å². The smallest absolute Gasteiger partial charge is 0.224 e. The first-order chi connectivity index (χ1) is 9.93. The number of rotatable bonds is 6. The molecule has 5 heteroatoms. The molecule has 2 atom stereocenters. The van der Waals surface area contributed by atoms with Crippen LogP contribution in [-0.2, 0) is 4.79 Å². The molecule has 0 bridgehead atoms. The lowest BCUT2D eigenvalue weighted by molar-refractivity contribution is -0.123. The summed E-state index contributed by atoms with van der Waals surface area (Å²) in [6.45, 7) is 9.69. The summed E-state index contributed by atoms with van der Waals surface area (Å²) in [5.41, 5.74) is 1.34. The van der Waals surface area contributed by atoms with E-state index in [9.17, 15) is 4.79 Å². The molecular weight excluding hydrogens is 264 g/mol. The van der Waals surface area contributed by atoms with Crippen LogP contribution in [0.4, 0.5) is 5.82 Å². The Labute approximate surface area is 126 Å². The molecule has 1 fully saturated rings. The fourth-order valence-corrected chi connectivity index (χ4v) is 2.73. The summed E-state index contributed by atoms with van der Waals surface area (Å²) in [4.78, 5) is 20.3. The minimum Gasteiger partial charge on any atom is -0.367 e. The van der Waals surface area contributed by atoms with E-state index in [0.717, 1.165) is 5.82 Å². The Hall–Kier alpha value is -1.91. The molecule has 0 radical (unpaired) electrons. The van der Waals surface area contributed by atoms with Gasteiger partial charge in [0.25, 0.3) is 0 Å². The predicted octanol–water partition coefficient (Wildman–Crippen LogP) is 2.24. The molecule has 0 spiro atoms. The largest absolute Gasteiger partial charge is 0.367 e. The molecular formula is C16H24N4O. The van der Waals surface area contributed by atoms with Crippen LogP contribution in [0.2, 0.25) is 0 Å². The van der Waals surface area contributed by atoms with Gasteiger partial charge in [0, 0.05) is 25.5 Å². The summed E-state index contributed by atoms with van der Waals surface area (Å²) in [6.07, 6.45) is 7.14. The van der Waals surface area contributed by atoms with E-state index in [-0.39, 0.29) is 17.2 Å². The minimum atomic E-state index is 0.0691. The van der Waals surface area contributed by atoms with Crippen molar-refractivity contribution in [2.45, 2.75) is 27.7 Å². The maximum Gasteiger partial charge on any atom is 0.224 e. The molecule has 1 aliphatic carbocycles. The third-order valence-corrected chi connectivity index (χ3v) is 4.00. The zero-order chi connectivity index (χ0) is 15.5. The number of anilines is 1. The number of hydrogen-bond donors (Lipinski definition) is 2. The van der Waals surface area contributed by atoms with Crippen molar-refractivity contribution in [1.29, 1.82) is 0 Å². The van der Waals surface area contributed by atoms with Gasteiger partial charge < -0.3 is 10.6 Å². The summed E-state index contributed by atoms with van der Waals surface area (Å²) >= 11 is 0. The summed E-state index contributed by atoms with van der Waals surface area (Å²) < 4.78 is 0. The molecule has 1 saturated carbocycles. The number of nitrogens with one attached hydrogen (secondary N) is 2. The Bertz CT molecular complexity index is 520. The molecule has 1 amide bonds. The molecule has 114 valence electrons. The van der Waals surface area contributed by atoms with E-state index in [0.29, 0.717) is 19.0 Å². The lowest BCUT2D eigenvalue weighted by atomic mass is 10.1. The first-order valence-electron chi connectivity index (χ1n) is 7.35. The Morgan fingerprint density at radius 2 is 2.10 bits per heavy atom. The van der Waals surface area contributed by atoms with Crippen LogP contribution >= 0.6 is 0 Å². The van der Waals surface area contributed by atoms with Crippen LogP contribution in [0.15, 0.2) is 30.2 Å². The highest BCUT2D eigenvalue weighted by Gasteiger charge is 2.60. The van der Waals surface area contributed by atoms with E-state index in [4.69, 9.17) is 0 Å². The number of carbonyl (C=O) groups excluding carboxylic acids is 1. The third kappa shape index (κ3) is 3.80. The van der Waals surface area contributed by atoms with E-state index >= 15 is 0 Å². The van der Waals surface area contributed by atoms with E-state index in [1.165, 1.54) is 5.57 Å². The van der Waals surface area contributed by atoms with Crippen LogP contribution in [-0.4, -0.2) is 29.0 Å². The topological polar surface area (TPSA) is 66.9 Å². The third-order valence-electron chi connectivity index (χ3n) is 4.00. The van der Waals surface area contributed by atoms with Gasteiger partial charge in [0.15, 0.2) is 0 Å². The molecule has 1 heterocycles. The standard InChI is InChI=1S/C16H24N4O/c1-11(2)9-12-14(16(12,3)4)15(21)20-8-7-19-13-10-17-5-6-18-13/h5-6,9-10,12,14H,7-8H2,1-4H3,(H,18,19)(H,20,21)/t12-,14+/m1/s1. The van der Waals surface area contributed by atoms with Gasteiger partial charge >= 0.3 is 0 Å². The molecule has 1 aliphatic rings. The number of allylic oxidation sites excluding steroid dienone is 2. The van der Waals surface area contributed by atoms with Gasteiger partial charge in [0.2, 0.25) is 5.91 Å². The summed E-state index contributed by atoms with van der Waals surface area (Å²) in [5, 5.41) is 6.12. The van der Waals surface area contributed by atoms with Gasteiger partial charge in [-0.25, -0.2) is 4.98 Å². The maximum atomic E-state index is 12.2. The number of carbonyl (C=O) groups is 1.